The Kier molecular flexibility index (Phi) is 5.96. The highest BCUT2D eigenvalue weighted by Gasteiger charge is 2.30. The molecular formula is C20H24N2O6. The first-order chi connectivity index (χ1) is 13.4. The molecule has 1 saturated carbocycles. The summed E-state index contributed by atoms with van der Waals surface area (Å²) < 4.78 is 21.1. The third-order valence-corrected chi connectivity index (χ3v) is 4.98. The smallest absolute Gasteiger partial charge is 0.343 e. The van der Waals surface area contributed by atoms with Crippen LogP contribution >= 0.6 is 0 Å². The summed E-state index contributed by atoms with van der Waals surface area (Å²) in [5.74, 6) is 0.0627. The molecule has 2 atom stereocenters. The number of pyridine rings is 1. The van der Waals surface area contributed by atoms with Crippen LogP contribution in [0.15, 0.2) is 16.7 Å². The standard InChI is InChI=1S/C20H24N2O6/c1-11-16(27-14-7-5-6-13(10-14)19(23)25-3)9-8-15(21-11)18-17(20(24)26-4)12(2)22-28-18/h8-9,13-14H,5-7,10H2,1-4H3/t13-,14-/m0/s1. The van der Waals surface area contributed by atoms with E-state index in [1.165, 1.54) is 14.2 Å². The zero-order chi connectivity index (χ0) is 20.3. The quantitative estimate of drug-likeness (QED) is 0.720. The topological polar surface area (TPSA) is 101 Å². The van der Waals surface area contributed by atoms with E-state index in [4.69, 9.17) is 18.7 Å². The number of hydrogen-bond donors (Lipinski definition) is 0. The Hall–Kier alpha value is -2.90. The molecule has 0 amide bonds. The molecule has 8 nitrogen and oxygen atoms in total. The maximum atomic E-state index is 12.0. The number of methoxy groups -OCH3 is 2. The average molecular weight is 388 g/mol. The lowest BCUT2D eigenvalue weighted by atomic mass is 9.87. The van der Waals surface area contributed by atoms with Crippen molar-refractivity contribution in [3.8, 4) is 17.2 Å². The van der Waals surface area contributed by atoms with Gasteiger partial charge >= 0.3 is 11.9 Å². The molecule has 1 fully saturated rings. The van der Waals surface area contributed by atoms with Gasteiger partial charge in [-0.15, -0.1) is 0 Å². The number of rotatable bonds is 5. The zero-order valence-corrected chi connectivity index (χ0v) is 16.5. The van der Waals surface area contributed by atoms with Crippen LogP contribution in [-0.2, 0) is 14.3 Å². The molecule has 0 aliphatic heterocycles. The van der Waals surface area contributed by atoms with Gasteiger partial charge in [0.25, 0.3) is 0 Å². The van der Waals surface area contributed by atoms with E-state index in [1.807, 2.05) is 6.92 Å². The van der Waals surface area contributed by atoms with E-state index < -0.39 is 5.97 Å². The fourth-order valence-electron chi connectivity index (χ4n) is 3.50. The van der Waals surface area contributed by atoms with Crippen LogP contribution in [0.4, 0.5) is 0 Å². The Balaban J connectivity index is 1.78. The third-order valence-electron chi connectivity index (χ3n) is 4.98. The lowest BCUT2D eigenvalue weighted by Crippen LogP contribution is -2.30. The van der Waals surface area contributed by atoms with Gasteiger partial charge in [-0.1, -0.05) is 5.16 Å². The van der Waals surface area contributed by atoms with Crippen LogP contribution in [0.5, 0.6) is 5.75 Å². The fraction of sp³-hybridized carbons (Fsp3) is 0.500. The minimum atomic E-state index is -0.524. The third kappa shape index (κ3) is 4.00. The molecule has 2 aromatic rings. The molecule has 8 heteroatoms. The monoisotopic (exact) mass is 388 g/mol. The molecule has 1 aliphatic rings. The summed E-state index contributed by atoms with van der Waals surface area (Å²) in [5, 5.41) is 3.85. The van der Waals surface area contributed by atoms with Gasteiger partial charge in [0.05, 0.1) is 37.6 Å². The van der Waals surface area contributed by atoms with Gasteiger partial charge in [0.2, 0.25) is 0 Å². The number of ether oxygens (including phenoxy) is 3. The lowest BCUT2D eigenvalue weighted by molar-refractivity contribution is -0.147. The van der Waals surface area contributed by atoms with Crippen molar-refractivity contribution >= 4 is 11.9 Å². The molecule has 0 radical (unpaired) electrons. The van der Waals surface area contributed by atoms with Crippen molar-refractivity contribution < 1.29 is 28.3 Å². The van der Waals surface area contributed by atoms with Crippen LogP contribution < -0.4 is 4.74 Å². The number of carbonyl (C=O) groups is 2. The first kappa shape index (κ1) is 19.9. The second-order valence-corrected chi connectivity index (χ2v) is 6.87. The highest BCUT2D eigenvalue weighted by atomic mass is 16.5. The lowest BCUT2D eigenvalue weighted by Gasteiger charge is -2.28. The summed E-state index contributed by atoms with van der Waals surface area (Å²) in [6, 6.07) is 3.51. The number of aryl methyl sites for hydroxylation is 2. The normalized spacial score (nSPS) is 19.1. The molecule has 0 N–H and O–H groups in total. The maximum Gasteiger partial charge on any atom is 0.343 e. The highest BCUT2D eigenvalue weighted by Crippen LogP contribution is 2.32. The predicted molar refractivity (Wildman–Crippen MR) is 98.9 cm³/mol. The van der Waals surface area contributed by atoms with Gasteiger partial charge in [0.1, 0.15) is 17.0 Å². The van der Waals surface area contributed by atoms with Gasteiger partial charge in [-0.3, -0.25) is 4.79 Å². The number of hydrogen-bond acceptors (Lipinski definition) is 8. The molecule has 0 aromatic carbocycles. The Morgan fingerprint density at radius 1 is 1.11 bits per heavy atom. The molecule has 2 aromatic heterocycles. The second kappa shape index (κ2) is 8.41. The average Bonchev–Trinajstić information content (AvgIpc) is 3.10. The van der Waals surface area contributed by atoms with Crippen LogP contribution in [0, 0.1) is 19.8 Å². The molecule has 0 unspecified atom stereocenters. The summed E-state index contributed by atoms with van der Waals surface area (Å²) in [4.78, 5) is 28.3. The Morgan fingerprint density at radius 3 is 2.57 bits per heavy atom. The van der Waals surface area contributed by atoms with E-state index in [2.05, 4.69) is 10.1 Å². The second-order valence-electron chi connectivity index (χ2n) is 6.87. The molecule has 0 spiro atoms. The van der Waals surface area contributed by atoms with Crippen molar-refractivity contribution in [1.29, 1.82) is 0 Å². The molecule has 0 bridgehead atoms. The van der Waals surface area contributed by atoms with E-state index in [9.17, 15) is 9.59 Å². The van der Waals surface area contributed by atoms with Crippen LogP contribution in [0.1, 0.15) is 47.4 Å². The first-order valence-electron chi connectivity index (χ1n) is 9.21. The summed E-state index contributed by atoms with van der Waals surface area (Å²) in [6.07, 6.45) is 3.17. The number of aromatic nitrogens is 2. The summed E-state index contributed by atoms with van der Waals surface area (Å²) in [6.45, 7) is 3.49. The van der Waals surface area contributed by atoms with Crippen LogP contribution in [0.25, 0.3) is 11.5 Å². The first-order valence-corrected chi connectivity index (χ1v) is 9.21. The van der Waals surface area contributed by atoms with Gasteiger partial charge < -0.3 is 18.7 Å². The van der Waals surface area contributed by atoms with Gasteiger partial charge in [-0.2, -0.15) is 0 Å². The molecule has 3 rings (SSSR count). The van der Waals surface area contributed by atoms with Gasteiger partial charge in [-0.25, -0.2) is 9.78 Å². The van der Waals surface area contributed by atoms with E-state index in [-0.39, 0.29) is 29.3 Å². The van der Waals surface area contributed by atoms with E-state index in [0.29, 0.717) is 29.3 Å². The number of nitrogens with zero attached hydrogens (tertiary/aromatic N) is 2. The fourth-order valence-corrected chi connectivity index (χ4v) is 3.50. The SMILES string of the molecule is COC(=O)c1c(C)noc1-c1ccc(O[C@H]2CCC[C@H](C(=O)OC)C2)c(C)n1. The summed E-state index contributed by atoms with van der Waals surface area (Å²) in [7, 11) is 2.72. The molecule has 0 saturated heterocycles. The van der Waals surface area contributed by atoms with Crippen LogP contribution in [-0.4, -0.2) is 42.4 Å². The van der Waals surface area contributed by atoms with Crippen LogP contribution in [0.2, 0.25) is 0 Å². The van der Waals surface area contributed by atoms with Crippen molar-refractivity contribution in [2.45, 2.75) is 45.6 Å². The van der Waals surface area contributed by atoms with Gasteiger partial charge in [0, 0.05) is 0 Å². The highest BCUT2D eigenvalue weighted by molar-refractivity contribution is 5.96. The number of esters is 2. The van der Waals surface area contributed by atoms with Gasteiger partial charge in [-0.05, 0) is 51.7 Å². The minimum absolute atomic E-state index is 0.0673. The number of carbonyl (C=O) groups excluding carboxylic acids is 2. The van der Waals surface area contributed by atoms with Gasteiger partial charge in [0.15, 0.2) is 5.76 Å². The molecule has 28 heavy (non-hydrogen) atoms. The summed E-state index contributed by atoms with van der Waals surface area (Å²) >= 11 is 0. The minimum Gasteiger partial charge on any atom is -0.489 e. The van der Waals surface area contributed by atoms with E-state index in [0.717, 1.165) is 19.3 Å². The maximum absolute atomic E-state index is 12.0. The van der Waals surface area contributed by atoms with Crippen molar-refractivity contribution in [3.63, 3.8) is 0 Å². The van der Waals surface area contributed by atoms with Crippen molar-refractivity contribution in [2.24, 2.45) is 5.92 Å². The Morgan fingerprint density at radius 2 is 1.89 bits per heavy atom. The van der Waals surface area contributed by atoms with E-state index in [1.54, 1.807) is 19.1 Å². The largest absolute Gasteiger partial charge is 0.489 e. The Bertz CT molecular complexity index is 876. The van der Waals surface area contributed by atoms with Crippen molar-refractivity contribution in [1.82, 2.24) is 10.1 Å². The van der Waals surface area contributed by atoms with Crippen LogP contribution in [0.3, 0.4) is 0 Å². The Labute approximate surface area is 163 Å². The summed E-state index contributed by atoms with van der Waals surface area (Å²) in [5.41, 5.74) is 1.83. The van der Waals surface area contributed by atoms with Crippen molar-refractivity contribution in [2.75, 3.05) is 14.2 Å². The molecule has 1 aliphatic carbocycles. The zero-order valence-electron chi connectivity index (χ0n) is 16.5. The van der Waals surface area contributed by atoms with E-state index >= 15 is 0 Å². The molecule has 2 heterocycles. The van der Waals surface area contributed by atoms with Crippen molar-refractivity contribution in [3.05, 3.63) is 29.1 Å². The predicted octanol–water partition coefficient (Wildman–Crippen LogP) is 3.25. The molecule has 150 valence electrons. The molecular weight excluding hydrogens is 364 g/mol.